The minimum atomic E-state index is 0.591. The first-order valence-electron chi connectivity index (χ1n) is 5.11. The van der Waals surface area contributed by atoms with Gasteiger partial charge < -0.3 is 0 Å². The van der Waals surface area contributed by atoms with E-state index >= 15 is 0 Å². The quantitative estimate of drug-likeness (QED) is 0.574. The predicted molar refractivity (Wildman–Crippen MR) is 57.9 cm³/mol. The van der Waals surface area contributed by atoms with E-state index in [9.17, 15) is 0 Å². The molecule has 0 unspecified atom stereocenters. The number of rotatable bonds is 2. The zero-order chi connectivity index (χ0) is 11.8. The number of aryl methyl sites for hydroxylation is 2. The van der Waals surface area contributed by atoms with Gasteiger partial charge >= 0.3 is 6.01 Å². The van der Waals surface area contributed by atoms with Crippen LogP contribution in [-0.2, 0) is 14.1 Å². The lowest BCUT2D eigenvalue weighted by Gasteiger charge is -1.99. The number of imidazole rings is 1. The summed E-state index contributed by atoms with van der Waals surface area (Å²) in [4.78, 5) is 11.1. The summed E-state index contributed by atoms with van der Waals surface area (Å²) >= 11 is 0. The summed E-state index contributed by atoms with van der Waals surface area (Å²) in [7, 11) is 3.78. The van der Waals surface area contributed by atoms with E-state index in [0.717, 1.165) is 0 Å². The number of aromatic nitrogens is 6. The van der Waals surface area contributed by atoms with E-state index in [4.69, 9.17) is 4.84 Å². The third-order valence-corrected chi connectivity index (χ3v) is 2.47. The first-order chi connectivity index (χ1) is 8.25. The van der Waals surface area contributed by atoms with Gasteiger partial charge in [-0.25, -0.2) is 4.98 Å². The van der Waals surface area contributed by atoms with Crippen LogP contribution in [-0.4, -0.2) is 24.7 Å². The van der Waals surface area contributed by atoms with Crippen LogP contribution >= 0.6 is 0 Å². The van der Waals surface area contributed by atoms with E-state index < -0.39 is 0 Å². The second-order valence-corrected chi connectivity index (χ2v) is 3.70. The molecular weight excluding hydrogens is 220 g/mol. The van der Waals surface area contributed by atoms with Gasteiger partial charge in [0.15, 0.2) is 0 Å². The minimum Gasteiger partial charge on any atom is -0.276 e. The molecule has 86 valence electrons. The molecule has 0 amide bonds. The van der Waals surface area contributed by atoms with Crippen molar-refractivity contribution < 1.29 is 9.40 Å². The zero-order valence-electron chi connectivity index (χ0n) is 9.48. The Hall–Kier alpha value is -2.44. The van der Waals surface area contributed by atoms with Crippen molar-refractivity contribution >= 4 is 11.2 Å². The largest absolute Gasteiger partial charge is 0.482 e. The van der Waals surface area contributed by atoms with Crippen LogP contribution in [0.2, 0.25) is 0 Å². The molecule has 0 saturated heterocycles. The summed E-state index contributed by atoms with van der Waals surface area (Å²) in [6.07, 6.45) is 5.46. The molecule has 0 saturated carbocycles. The number of hydrogen-bond acceptors (Lipinski definition) is 4. The second kappa shape index (κ2) is 3.55. The summed E-state index contributed by atoms with van der Waals surface area (Å²) in [5, 5.41) is 7.87. The molecule has 0 aromatic carbocycles. The Kier molecular flexibility index (Phi) is 2.04. The average Bonchev–Trinajstić information content (AvgIpc) is 2.88. The predicted octanol–water partition coefficient (Wildman–Crippen LogP) is -0.169. The normalized spacial score (nSPS) is 10.9. The molecule has 0 fully saturated rings. The summed E-state index contributed by atoms with van der Waals surface area (Å²) in [5.41, 5.74) is 1.29. The molecule has 17 heavy (non-hydrogen) atoms. The third-order valence-electron chi connectivity index (χ3n) is 2.47. The third kappa shape index (κ3) is 1.52. The van der Waals surface area contributed by atoms with Crippen molar-refractivity contribution in [3.8, 4) is 6.01 Å². The SMILES string of the molecule is Cn1cc[n+](C)c1On1nnc2cccnc21. The Bertz CT molecular complexity index is 651. The number of fused-ring (bicyclic) bond motifs is 1. The molecule has 3 heterocycles. The summed E-state index contributed by atoms with van der Waals surface area (Å²) in [6.45, 7) is 0. The van der Waals surface area contributed by atoms with Gasteiger partial charge in [-0.05, 0) is 22.2 Å². The van der Waals surface area contributed by atoms with Crippen molar-refractivity contribution in [2.45, 2.75) is 0 Å². The molecule has 0 aliphatic heterocycles. The highest BCUT2D eigenvalue weighted by Crippen LogP contribution is 2.08. The molecular formula is C10H11N6O+. The highest BCUT2D eigenvalue weighted by Gasteiger charge is 2.17. The van der Waals surface area contributed by atoms with Gasteiger partial charge in [0.1, 0.15) is 17.9 Å². The Morgan fingerprint density at radius 3 is 3.06 bits per heavy atom. The van der Waals surface area contributed by atoms with Crippen molar-refractivity contribution in [2.24, 2.45) is 14.1 Å². The average molecular weight is 231 g/mol. The topological polar surface area (TPSA) is 61.6 Å². The van der Waals surface area contributed by atoms with Gasteiger partial charge in [0.05, 0.1) is 14.1 Å². The van der Waals surface area contributed by atoms with Gasteiger partial charge in [-0.3, -0.25) is 4.84 Å². The molecule has 0 N–H and O–H groups in total. The van der Waals surface area contributed by atoms with Crippen molar-refractivity contribution in [1.29, 1.82) is 0 Å². The Morgan fingerprint density at radius 1 is 1.41 bits per heavy atom. The molecule has 3 aromatic rings. The smallest absolute Gasteiger partial charge is 0.276 e. The Balaban J connectivity index is 2.06. The molecule has 7 nitrogen and oxygen atoms in total. The molecule has 3 rings (SSSR count). The highest BCUT2D eigenvalue weighted by molar-refractivity contribution is 5.68. The number of pyridine rings is 1. The summed E-state index contributed by atoms with van der Waals surface area (Å²) in [5.74, 6) is 0. The maximum Gasteiger partial charge on any atom is 0.482 e. The van der Waals surface area contributed by atoms with Gasteiger partial charge in [0.2, 0.25) is 5.65 Å². The van der Waals surface area contributed by atoms with Crippen LogP contribution in [0, 0.1) is 0 Å². The lowest BCUT2D eigenvalue weighted by Crippen LogP contribution is -2.30. The van der Waals surface area contributed by atoms with E-state index in [0.29, 0.717) is 17.2 Å². The van der Waals surface area contributed by atoms with Crippen molar-refractivity contribution in [2.75, 3.05) is 0 Å². The first-order valence-corrected chi connectivity index (χ1v) is 5.11. The van der Waals surface area contributed by atoms with Gasteiger partial charge in [-0.15, -0.1) is 5.10 Å². The van der Waals surface area contributed by atoms with Crippen LogP contribution in [0.4, 0.5) is 0 Å². The first kappa shape index (κ1) is 9.76. The van der Waals surface area contributed by atoms with E-state index in [1.807, 2.05) is 47.8 Å². The fraction of sp³-hybridized carbons (Fsp3) is 0.200. The van der Waals surface area contributed by atoms with Crippen LogP contribution in [0.3, 0.4) is 0 Å². The summed E-state index contributed by atoms with van der Waals surface area (Å²) < 4.78 is 3.69. The number of hydrogen-bond donors (Lipinski definition) is 0. The highest BCUT2D eigenvalue weighted by atomic mass is 16.7. The zero-order valence-corrected chi connectivity index (χ0v) is 9.48. The lowest BCUT2D eigenvalue weighted by molar-refractivity contribution is -0.678. The molecule has 0 aliphatic carbocycles. The van der Waals surface area contributed by atoms with Crippen molar-refractivity contribution in [1.82, 2.24) is 24.7 Å². The molecule has 3 aromatic heterocycles. The monoisotopic (exact) mass is 231 g/mol. The van der Waals surface area contributed by atoms with Crippen LogP contribution in [0.5, 0.6) is 6.01 Å². The van der Waals surface area contributed by atoms with E-state index in [1.54, 1.807) is 6.20 Å². The Morgan fingerprint density at radius 2 is 2.29 bits per heavy atom. The molecule has 0 radical (unpaired) electrons. The van der Waals surface area contributed by atoms with Crippen LogP contribution in [0.15, 0.2) is 30.7 Å². The fourth-order valence-corrected chi connectivity index (χ4v) is 1.59. The maximum absolute atomic E-state index is 5.64. The minimum absolute atomic E-state index is 0.591. The van der Waals surface area contributed by atoms with Crippen LogP contribution in [0.25, 0.3) is 11.2 Å². The number of nitrogens with zero attached hydrogens (tertiary/aromatic N) is 6. The summed E-state index contributed by atoms with van der Waals surface area (Å²) in [6, 6.07) is 4.28. The van der Waals surface area contributed by atoms with Gasteiger partial charge in [0, 0.05) is 6.20 Å². The standard InChI is InChI=1S/C10H11N6O/c1-14-6-7-15(2)10(14)17-16-9-8(12-13-16)4-3-5-11-9/h3-7H,1-2H3/q+1. The lowest BCUT2D eigenvalue weighted by atomic mass is 10.4. The van der Waals surface area contributed by atoms with Crippen molar-refractivity contribution in [3.63, 3.8) is 0 Å². The second-order valence-electron chi connectivity index (χ2n) is 3.70. The van der Waals surface area contributed by atoms with Crippen LogP contribution < -0.4 is 9.40 Å². The van der Waals surface area contributed by atoms with Gasteiger partial charge in [-0.2, -0.15) is 9.13 Å². The van der Waals surface area contributed by atoms with Crippen LogP contribution in [0.1, 0.15) is 0 Å². The van der Waals surface area contributed by atoms with E-state index in [2.05, 4.69) is 15.3 Å². The van der Waals surface area contributed by atoms with Gasteiger partial charge in [-0.1, -0.05) is 0 Å². The molecule has 0 bridgehead atoms. The van der Waals surface area contributed by atoms with E-state index in [1.165, 1.54) is 4.85 Å². The molecule has 0 aliphatic rings. The maximum atomic E-state index is 5.64. The fourth-order valence-electron chi connectivity index (χ4n) is 1.59. The van der Waals surface area contributed by atoms with Gasteiger partial charge in [0.25, 0.3) is 0 Å². The molecule has 0 atom stereocenters. The van der Waals surface area contributed by atoms with E-state index in [-0.39, 0.29) is 0 Å². The Labute approximate surface area is 96.8 Å². The van der Waals surface area contributed by atoms with Crippen molar-refractivity contribution in [3.05, 3.63) is 30.7 Å². The molecule has 0 spiro atoms. The molecule has 7 heteroatoms.